The van der Waals surface area contributed by atoms with E-state index in [1.54, 1.807) is 4.68 Å². The molecule has 4 heterocycles. The van der Waals surface area contributed by atoms with Gasteiger partial charge in [-0.05, 0) is 57.0 Å². The van der Waals surface area contributed by atoms with E-state index < -0.39 is 0 Å². The number of carbonyl (C=O) groups is 1. The van der Waals surface area contributed by atoms with E-state index in [9.17, 15) is 4.79 Å². The molecule has 1 N–H and O–H groups in total. The Bertz CT molecular complexity index is 1230. The SMILES string of the molecule is Cc1cc(C)n(-c2ccc(N3CCC[C@H](C(=O)Nc4cccc5nsnc45)C3)nn2)n1. The van der Waals surface area contributed by atoms with Crippen LogP contribution in [0.1, 0.15) is 24.2 Å². The van der Waals surface area contributed by atoms with Gasteiger partial charge in [-0.3, -0.25) is 4.79 Å². The van der Waals surface area contributed by atoms with Crippen molar-refractivity contribution in [1.29, 1.82) is 0 Å². The van der Waals surface area contributed by atoms with E-state index in [1.165, 1.54) is 0 Å². The van der Waals surface area contributed by atoms with E-state index in [2.05, 4.69) is 34.3 Å². The van der Waals surface area contributed by atoms with Crippen molar-refractivity contribution in [2.75, 3.05) is 23.3 Å². The molecule has 158 valence electrons. The van der Waals surface area contributed by atoms with Crippen LogP contribution in [0.4, 0.5) is 11.5 Å². The molecule has 31 heavy (non-hydrogen) atoms. The summed E-state index contributed by atoms with van der Waals surface area (Å²) in [5, 5.41) is 16.3. The minimum atomic E-state index is -0.131. The molecule has 5 rings (SSSR count). The van der Waals surface area contributed by atoms with Crippen LogP contribution in [-0.4, -0.2) is 47.7 Å². The lowest BCUT2D eigenvalue weighted by molar-refractivity contribution is -0.120. The van der Waals surface area contributed by atoms with Gasteiger partial charge in [0.1, 0.15) is 11.0 Å². The summed E-state index contributed by atoms with van der Waals surface area (Å²) in [6, 6.07) is 11.5. The maximum absolute atomic E-state index is 13.0. The topological polar surface area (TPSA) is 102 Å². The normalized spacial score (nSPS) is 16.6. The standard InChI is InChI=1S/C21H22N8OS/c1-13-11-14(2)29(25-13)19-9-8-18(23-24-19)28-10-4-5-15(12-28)21(30)22-16-6-3-7-17-20(16)27-31-26-17/h3,6-9,11,15H,4-5,10,12H2,1-2H3,(H,22,30)/t15-/m0/s1. The minimum absolute atomic E-state index is 0.00239. The Morgan fingerprint density at radius 3 is 2.74 bits per heavy atom. The molecule has 1 aliphatic heterocycles. The van der Waals surface area contributed by atoms with Crippen molar-refractivity contribution in [3.63, 3.8) is 0 Å². The number of nitrogens with one attached hydrogen (secondary N) is 1. The molecular formula is C21H22N8OS. The Labute approximate surface area is 183 Å². The molecular weight excluding hydrogens is 412 g/mol. The molecule has 1 fully saturated rings. The third-order valence-electron chi connectivity index (χ3n) is 5.52. The number of anilines is 2. The Morgan fingerprint density at radius 2 is 1.97 bits per heavy atom. The highest BCUT2D eigenvalue weighted by atomic mass is 32.1. The Morgan fingerprint density at radius 1 is 1.13 bits per heavy atom. The van der Waals surface area contributed by atoms with E-state index in [-0.39, 0.29) is 11.8 Å². The number of fused-ring (bicyclic) bond motifs is 1. The largest absolute Gasteiger partial charge is 0.354 e. The van der Waals surface area contributed by atoms with Crippen LogP contribution in [0.3, 0.4) is 0 Å². The van der Waals surface area contributed by atoms with Crippen molar-refractivity contribution in [3.8, 4) is 5.82 Å². The zero-order chi connectivity index (χ0) is 21.4. The number of piperidine rings is 1. The molecule has 1 aromatic carbocycles. The van der Waals surface area contributed by atoms with E-state index in [1.807, 2.05) is 50.2 Å². The Balaban J connectivity index is 1.29. The Kier molecular flexibility index (Phi) is 5.06. The van der Waals surface area contributed by atoms with Crippen LogP contribution < -0.4 is 10.2 Å². The molecule has 0 unspecified atom stereocenters. The summed E-state index contributed by atoms with van der Waals surface area (Å²) in [5.74, 6) is 1.32. The quantitative estimate of drug-likeness (QED) is 0.526. The van der Waals surface area contributed by atoms with Gasteiger partial charge in [-0.2, -0.15) is 13.8 Å². The van der Waals surface area contributed by atoms with Crippen molar-refractivity contribution in [2.24, 2.45) is 5.92 Å². The molecule has 3 aromatic heterocycles. The van der Waals surface area contributed by atoms with Gasteiger partial charge in [0, 0.05) is 18.8 Å². The summed E-state index contributed by atoms with van der Waals surface area (Å²) in [6.45, 7) is 5.40. The number of rotatable bonds is 4. The number of nitrogens with zero attached hydrogens (tertiary/aromatic N) is 7. The number of aryl methyl sites for hydroxylation is 2. The molecule has 10 heteroatoms. The van der Waals surface area contributed by atoms with Crippen LogP contribution in [0.25, 0.3) is 16.9 Å². The summed E-state index contributed by atoms with van der Waals surface area (Å²) < 4.78 is 10.3. The first-order valence-corrected chi connectivity index (χ1v) is 11.0. The maximum atomic E-state index is 13.0. The summed E-state index contributed by atoms with van der Waals surface area (Å²) in [6.07, 6.45) is 1.76. The van der Waals surface area contributed by atoms with Gasteiger partial charge in [-0.15, -0.1) is 10.2 Å². The first-order valence-electron chi connectivity index (χ1n) is 10.2. The maximum Gasteiger partial charge on any atom is 0.229 e. The number of carbonyl (C=O) groups excluding carboxylic acids is 1. The molecule has 1 atom stereocenters. The van der Waals surface area contributed by atoms with Crippen molar-refractivity contribution in [1.82, 2.24) is 28.7 Å². The van der Waals surface area contributed by atoms with Gasteiger partial charge in [0.2, 0.25) is 5.91 Å². The van der Waals surface area contributed by atoms with Gasteiger partial charge in [-0.1, -0.05) is 6.07 Å². The van der Waals surface area contributed by atoms with Gasteiger partial charge >= 0.3 is 0 Å². The number of hydrogen-bond donors (Lipinski definition) is 1. The third-order valence-corrected chi connectivity index (χ3v) is 6.07. The third kappa shape index (κ3) is 3.86. The molecule has 0 bridgehead atoms. The van der Waals surface area contributed by atoms with Gasteiger partial charge < -0.3 is 10.2 Å². The second-order valence-corrected chi connectivity index (χ2v) is 8.33. The van der Waals surface area contributed by atoms with Crippen LogP contribution in [0.15, 0.2) is 36.4 Å². The zero-order valence-electron chi connectivity index (χ0n) is 17.3. The second kappa shape index (κ2) is 8.03. The molecule has 4 aromatic rings. The highest BCUT2D eigenvalue weighted by Gasteiger charge is 2.27. The van der Waals surface area contributed by atoms with E-state index >= 15 is 0 Å². The van der Waals surface area contributed by atoms with Crippen molar-refractivity contribution in [3.05, 3.63) is 47.8 Å². The molecule has 9 nitrogen and oxygen atoms in total. The highest BCUT2D eigenvalue weighted by Crippen LogP contribution is 2.25. The van der Waals surface area contributed by atoms with Crippen LogP contribution in [0.2, 0.25) is 0 Å². The fourth-order valence-corrected chi connectivity index (χ4v) is 4.55. The zero-order valence-corrected chi connectivity index (χ0v) is 18.1. The van der Waals surface area contributed by atoms with Crippen molar-refractivity contribution < 1.29 is 4.79 Å². The lowest BCUT2D eigenvalue weighted by atomic mass is 9.97. The van der Waals surface area contributed by atoms with E-state index in [0.29, 0.717) is 18.1 Å². The lowest BCUT2D eigenvalue weighted by Gasteiger charge is -2.32. The van der Waals surface area contributed by atoms with Crippen LogP contribution in [0.5, 0.6) is 0 Å². The first-order chi connectivity index (χ1) is 15.1. The molecule has 1 saturated heterocycles. The van der Waals surface area contributed by atoms with Crippen LogP contribution in [0, 0.1) is 19.8 Å². The minimum Gasteiger partial charge on any atom is -0.354 e. The van der Waals surface area contributed by atoms with Crippen LogP contribution >= 0.6 is 11.7 Å². The highest BCUT2D eigenvalue weighted by molar-refractivity contribution is 7.00. The molecule has 0 radical (unpaired) electrons. The molecule has 1 aliphatic rings. The number of benzene rings is 1. The number of aromatic nitrogens is 6. The van der Waals surface area contributed by atoms with Gasteiger partial charge in [-0.25, -0.2) is 4.68 Å². The Hall–Kier alpha value is -3.40. The average molecular weight is 435 g/mol. The van der Waals surface area contributed by atoms with Crippen molar-refractivity contribution in [2.45, 2.75) is 26.7 Å². The van der Waals surface area contributed by atoms with E-state index in [4.69, 9.17) is 0 Å². The summed E-state index contributed by atoms with van der Waals surface area (Å²) in [5.41, 5.74) is 4.20. The number of hydrogen-bond acceptors (Lipinski definition) is 8. The smallest absolute Gasteiger partial charge is 0.229 e. The lowest BCUT2D eigenvalue weighted by Crippen LogP contribution is -2.41. The van der Waals surface area contributed by atoms with E-state index in [0.717, 1.165) is 59.4 Å². The van der Waals surface area contributed by atoms with Gasteiger partial charge in [0.25, 0.3) is 0 Å². The fourth-order valence-electron chi connectivity index (χ4n) is 4.00. The van der Waals surface area contributed by atoms with Crippen molar-refractivity contribution >= 4 is 40.2 Å². The first kappa shape index (κ1) is 19.6. The van der Waals surface area contributed by atoms with Crippen LogP contribution in [-0.2, 0) is 4.79 Å². The summed E-state index contributed by atoms with van der Waals surface area (Å²) in [7, 11) is 0. The molecule has 0 spiro atoms. The molecule has 0 saturated carbocycles. The predicted octanol–water partition coefficient (Wildman–Crippen LogP) is 3.14. The molecule has 1 amide bonds. The summed E-state index contributed by atoms with van der Waals surface area (Å²) in [4.78, 5) is 15.1. The monoisotopic (exact) mass is 434 g/mol. The number of amides is 1. The predicted molar refractivity (Wildman–Crippen MR) is 120 cm³/mol. The molecule has 0 aliphatic carbocycles. The van der Waals surface area contributed by atoms with Gasteiger partial charge in [0.15, 0.2) is 11.6 Å². The fraction of sp³-hybridized carbons (Fsp3) is 0.333. The van der Waals surface area contributed by atoms with Gasteiger partial charge in [0.05, 0.1) is 29.0 Å². The summed E-state index contributed by atoms with van der Waals surface area (Å²) >= 11 is 1.15. The second-order valence-electron chi connectivity index (χ2n) is 7.80. The average Bonchev–Trinajstić information content (AvgIpc) is 3.40.